The van der Waals surface area contributed by atoms with Gasteiger partial charge in [-0.1, -0.05) is 32.0 Å². The first-order valence-electron chi connectivity index (χ1n) is 8.99. The molecule has 6 nitrogen and oxygen atoms in total. The van der Waals surface area contributed by atoms with E-state index < -0.39 is 0 Å². The van der Waals surface area contributed by atoms with E-state index in [1.165, 1.54) is 5.56 Å². The monoisotopic (exact) mass is 372 g/mol. The van der Waals surface area contributed by atoms with Gasteiger partial charge >= 0.3 is 6.03 Å². The standard InChI is InChI=1S/C21H28N2O4/c1-15(2)17-6-5-7-18(13-17)27-11-10-22-21(24)23-14-16-8-9-19(25-3)20(12-16)26-4/h5-9,12-13,15H,10-11,14H2,1-4H3,(H2,22,23,24). The molecule has 0 aliphatic rings. The molecule has 0 bridgehead atoms. The Labute approximate surface area is 160 Å². The van der Waals surface area contributed by atoms with E-state index in [2.05, 4.69) is 30.5 Å². The Bertz CT molecular complexity index is 747. The molecule has 0 atom stereocenters. The average molecular weight is 372 g/mol. The molecule has 2 aromatic carbocycles. The molecule has 0 aromatic heterocycles. The third-order valence-corrected chi connectivity index (χ3v) is 4.08. The van der Waals surface area contributed by atoms with Crippen molar-refractivity contribution in [2.45, 2.75) is 26.3 Å². The highest BCUT2D eigenvalue weighted by atomic mass is 16.5. The quantitative estimate of drug-likeness (QED) is 0.659. The third kappa shape index (κ3) is 6.40. The van der Waals surface area contributed by atoms with Crippen LogP contribution in [0.15, 0.2) is 42.5 Å². The van der Waals surface area contributed by atoms with E-state index in [4.69, 9.17) is 14.2 Å². The number of hydrogen-bond acceptors (Lipinski definition) is 4. The number of amides is 2. The lowest BCUT2D eigenvalue weighted by Gasteiger charge is -2.12. The van der Waals surface area contributed by atoms with Crippen molar-refractivity contribution in [1.29, 1.82) is 0 Å². The van der Waals surface area contributed by atoms with Gasteiger partial charge in [-0.3, -0.25) is 0 Å². The molecule has 2 N–H and O–H groups in total. The number of methoxy groups -OCH3 is 2. The summed E-state index contributed by atoms with van der Waals surface area (Å²) in [5, 5.41) is 5.59. The van der Waals surface area contributed by atoms with Crippen molar-refractivity contribution in [2.75, 3.05) is 27.4 Å². The molecule has 0 aliphatic heterocycles. The van der Waals surface area contributed by atoms with Crippen LogP contribution in [-0.2, 0) is 6.54 Å². The maximum absolute atomic E-state index is 11.9. The van der Waals surface area contributed by atoms with E-state index in [0.29, 0.717) is 37.1 Å². The lowest BCUT2D eigenvalue weighted by molar-refractivity contribution is 0.236. The van der Waals surface area contributed by atoms with Crippen LogP contribution in [0.5, 0.6) is 17.2 Å². The maximum atomic E-state index is 11.9. The minimum atomic E-state index is -0.246. The topological polar surface area (TPSA) is 68.8 Å². The molecular formula is C21H28N2O4. The number of benzene rings is 2. The molecular weight excluding hydrogens is 344 g/mol. The van der Waals surface area contributed by atoms with E-state index in [1.54, 1.807) is 14.2 Å². The first-order chi connectivity index (χ1) is 13.0. The second kappa shape index (κ2) is 10.3. The summed E-state index contributed by atoms with van der Waals surface area (Å²) in [5.74, 6) is 2.56. The summed E-state index contributed by atoms with van der Waals surface area (Å²) < 4.78 is 16.2. The predicted molar refractivity (Wildman–Crippen MR) is 106 cm³/mol. The first-order valence-corrected chi connectivity index (χ1v) is 8.99. The lowest BCUT2D eigenvalue weighted by Crippen LogP contribution is -2.37. The Morgan fingerprint density at radius 2 is 1.78 bits per heavy atom. The number of carbonyl (C=O) groups excluding carboxylic acids is 1. The van der Waals surface area contributed by atoms with Crippen molar-refractivity contribution >= 4 is 6.03 Å². The summed E-state index contributed by atoms with van der Waals surface area (Å²) in [6.07, 6.45) is 0. The van der Waals surface area contributed by atoms with Crippen LogP contribution in [0.2, 0.25) is 0 Å². The second-order valence-electron chi connectivity index (χ2n) is 6.37. The molecule has 0 radical (unpaired) electrons. The Balaban J connectivity index is 1.71. The number of ether oxygens (including phenoxy) is 3. The van der Waals surface area contributed by atoms with E-state index in [1.807, 2.05) is 36.4 Å². The molecule has 0 saturated heterocycles. The van der Waals surface area contributed by atoms with Crippen molar-refractivity contribution in [3.05, 3.63) is 53.6 Å². The van der Waals surface area contributed by atoms with E-state index >= 15 is 0 Å². The molecule has 2 aromatic rings. The molecule has 27 heavy (non-hydrogen) atoms. The summed E-state index contributed by atoms with van der Waals surface area (Å²) >= 11 is 0. The van der Waals surface area contributed by atoms with Crippen molar-refractivity contribution in [2.24, 2.45) is 0 Å². The van der Waals surface area contributed by atoms with Gasteiger partial charge in [-0.2, -0.15) is 0 Å². The molecule has 6 heteroatoms. The fourth-order valence-electron chi connectivity index (χ4n) is 2.53. The van der Waals surface area contributed by atoms with Gasteiger partial charge in [0.15, 0.2) is 11.5 Å². The summed E-state index contributed by atoms with van der Waals surface area (Å²) in [7, 11) is 3.17. The third-order valence-electron chi connectivity index (χ3n) is 4.08. The molecule has 0 heterocycles. The Kier molecular flexibility index (Phi) is 7.79. The molecule has 0 fully saturated rings. The second-order valence-corrected chi connectivity index (χ2v) is 6.37. The van der Waals surface area contributed by atoms with E-state index in [0.717, 1.165) is 11.3 Å². The van der Waals surface area contributed by atoms with Crippen LogP contribution in [0.25, 0.3) is 0 Å². The largest absolute Gasteiger partial charge is 0.493 e. The van der Waals surface area contributed by atoms with Crippen molar-refractivity contribution < 1.29 is 19.0 Å². The number of hydrogen-bond donors (Lipinski definition) is 2. The molecule has 2 amide bonds. The molecule has 0 saturated carbocycles. The Hall–Kier alpha value is -2.89. The summed E-state index contributed by atoms with van der Waals surface area (Å²) in [6, 6.07) is 13.3. The Morgan fingerprint density at radius 3 is 2.48 bits per heavy atom. The summed E-state index contributed by atoms with van der Waals surface area (Å²) in [4.78, 5) is 11.9. The number of rotatable bonds is 9. The molecule has 2 rings (SSSR count). The predicted octanol–water partition coefficient (Wildman–Crippen LogP) is 3.71. The first kappa shape index (κ1) is 20.4. The Morgan fingerprint density at radius 1 is 1.00 bits per heavy atom. The SMILES string of the molecule is COc1ccc(CNC(=O)NCCOc2cccc(C(C)C)c2)cc1OC. The molecule has 146 valence electrons. The van der Waals surface area contributed by atoms with Crippen LogP contribution in [0.1, 0.15) is 30.9 Å². The van der Waals surface area contributed by atoms with Crippen LogP contribution in [0.4, 0.5) is 4.79 Å². The lowest BCUT2D eigenvalue weighted by atomic mass is 10.0. The maximum Gasteiger partial charge on any atom is 0.315 e. The van der Waals surface area contributed by atoms with E-state index in [-0.39, 0.29) is 6.03 Å². The highest BCUT2D eigenvalue weighted by Gasteiger charge is 2.06. The van der Waals surface area contributed by atoms with Crippen molar-refractivity contribution in [3.63, 3.8) is 0 Å². The normalized spacial score (nSPS) is 10.4. The van der Waals surface area contributed by atoms with Gasteiger partial charge in [-0.05, 0) is 41.3 Å². The zero-order valence-corrected chi connectivity index (χ0v) is 16.4. The van der Waals surface area contributed by atoms with Crippen LogP contribution >= 0.6 is 0 Å². The van der Waals surface area contributed by atoms with Gasteiger partial charge in [-0.25, -0.2) is 4.79 Å². The van der Waals surface area contributed by atoms with Crippen LogP contribution < -0.4 is 24.8 Å². The zero-order chi connectivity index (χ0) is 19.6. The highest BCUT2D eigenvalue weighted by Crippen LogP contribution is 2.27. The van der Waals surface area contributed by atoms with Gasteiger partial charge in [0.2, 0.25) is 0 Å². The number of urea groups is 1. The minimum Gasteiger partial charge on any atom is -0.493 e. The van der Waals surface area contributed by atoms with Crippen molar-refractivity contribution in [1.82, 2.24) is 10.6 Å². The molecule has 0 spiro atoms. The molecule has 0 unspecified atom stereocenters. The number of nitrogens with one attached hydrogen (secondary N) is 2. The fourth-order valence-corrected chi connectivity index (χ4v) is 2.53. The molecule has 0 aliphatic carbocycles. The van der Waals surface area contributed by atoms with Crippen molar-refractivity contribution in [3.8, 4) is 17.2 Å². The minimum absolute atomic E-state index is 0.246. The smallest absolute Gasteiger partial charge is 0.315 e. The van der Waals surface area contributed by atoms with Crippen LogP contribution in [0.3, 0.4) is 0 Å². The van der Waals surface area contributed by atoms with Gasteiger partial charge in [0.1, 0.15) is 12.4 Å². The van der Waals surface area contributed by atoms with Crippen LogP contribution in [0, 0.1) is 0 Å². The van der Waals surface area contributed by atoms with Gasteiger partial charge in [0.05, 0.1) is 20.8 Å². The summed E-state index contributed by atoms with van der Waals surface area (Å²) in [6.45, 7) is 5.51. The van der Waals surface area contributed by atoms with E-state index in [9.17, 15) is 4.79 Å². The fraction of sp³-hybridized carbons (Fsp3) is 0.381. The van der Waals surface area contributed by atoms with Crippen LogP contribution in [-0.4, -0.2) is 33.4 Å². The highest BCUT2D eigenvalue weighted by molar-refractivity contribution is 5.73. The zero-order valence-electron chi connectivity index (χ0n) is 16.4. The van der Waals surface area contributed by atoms with Gasteiger partial charge in [0, 0.05) is 6.54 Å². The van der Waals surface area contributed by atoms with Gasteiger partial charge in [-0.15, -0.1) is 0 Å². The van der Waals surface area contributed by atoms with Gasteiger partial charge in [0.25, 0.3) is 0 Å². The van der Waals surface area contributed by atoms with Gasteiger partial charge < -0.3 is 24.8 Å². The summed E-state index contributed by atoms with van der Waals surface area (Å²) in [5.41, 5.74) is 2.15. The average Bonchev–Trinajstić information content (AvgIpc) is 2.69. The number of carbonyl (C=O) groups is 1.